The molecule has 0 spiro atoms. The fourth-order valence-electron chi connectivity index (χ4n) is 6.23. The van der Waals surface area contributed by atoms with Crippen LogP contribution in [-0.4, -0.2) is 110 Å². The third kappa shape index (κ3) is 30.8. The third-order valence-corrected chi connectivity index (χ3v) is 10.9. The van der Waals surface area contributed by atoms with Crippen molar-refractivity contribution in [3.63, 3.8) is 0 Å². The average Bonchev–Trinajstić information content (AvgIpc) is 3.26. The first-order valence-corrected chi connectivity index (χ1v) is 24.6. The number of phosphoric ester groups is 1. The van der Waals surface area contributed by atoms with E-state index < -0.39 is 75.7 Å². The predicted molar refractivity (Wildman–Crippen MR) is 250 cm³/mol. The van der Waals surface area contributed by atoms with Crippen molar-refractivity contribution in [2.45, 2.75) is 185 Å². The largest absolute Gasteiger partial charge is 0.472 e. The molecule has 1 fully saturated rings. The van der Waals surface area contributed by atoms with Crippen molar-refractivity contribution in [1.29, 1.82) is 0 Å². The van der Waals surface area contributed by atoms with E-state index >= 15 is 0 Å². The van der Waals surface area contributed by atoms with Crippen molar-refractivity contribution in [2.75, 3.05) is 13.2 Å². The van der Waals surface area contributed by atoms with Crippen LogP contribution in [0.1, 0.15) is 136 Å². The molecule has 15 heteroatoms. The lowest BCUT2D eigenvalue weighted by molar-refractivity contribution is -0.220. The van der Waals surface area contributed by atoms with Crippen molar-refractivity contribution < 1.29 is 68.2 Å². The predicted octanol–water partition coefficient (Wildman–Crippen LogP) is 8.02. The molecule has 9 atom stereocenters. The molecule has 14 nitrogen and oxygen atoms in total. The van der Waals surface area contributed by atoms with Crippen LogP contribution in [0, 0.1) is 0 Å². The molecule has 7 N–H and O–H groups in total. The van der Waals surface area contributed by atoms with E-state index in [0.29, 0.717) is 19.3 Å². The maximum atomic E-state index is 12.8. The molecule has 64 heavy (non-hydrogen) atoms. The number of esters is 2. The zero-order valence-electron chi connectivity index (χ0n) is 38.1. The Morgan fingerprint density at radius 2 is 0.969 bits per heavy atom. The van der Waals surface area contributed by atoms with E-state index in [2.05, 4.69) is 92.0 Å². The third-order valence-electron chi connectivity index (χ3n) is 9.93. The minimum Gasteiger partial charge on any atom is -0.462 e. The molecule has 0 aliphatic heterocycles. The summed E-state index contributed by atoms with van der Waals surface area (Å²) in [5.41, 5.74) is 0. The van der Waals surface area contributed by atoms with Crippen molar-refractivity contribution in [3.05, 3.63) is 97.2 Å². The van der Waals surface area contributed by atoms with Gasteiger partial charge in [-0.3, -0.25) is 18.6 Å². The molecule has 0 saturated heterocycles. The van der Waals surface area contributed by atoms with Gasteiger partial charge in [0.1, 0.15) is 43.2 Å². The van der Waals surface area contributed by atoms with Crippen molar-refractivity contribution in [1.82, 2.24) is 0 Å². The minimum absolute atomic E-state index is 0.0445. The number of phosphoric acid groups is 1. The van der Waals surface area contributed by atoms with E-state index in [1.807, 2.05) is 12.2 Å². The van der Waals surface area contributed by atoms with Crippen molar-refractivity contribution >= 4 is 19.8 Å². The highest BCUT2D eigenvalue weighted by Gasteiger charge is 2.51. The fraction of sp³-hybridized carbons (Fsp3) is 0.633. The second-order valence-corrected chi connectivity index (χ2v) is 17.2. The van der Waals surface area contributed by atoms with Gasteiger partial charge in [0.05, 0.1) is 12.7 Å². The number of aliphatic hydroxyl groups excluding tert-OH is 6. The number of aliphatic hydroxyl groups is 6. The molecular formula is C49H79O14P. The summed E-state index contributed by atoms with van der Waals surface area (Å²) >= 11 is 0. The monoisotopic (exact) mass is 923 g/mol. The molecule has 0 aromatic heterocycles. The van der Waals surface area contributed by atoms with Crippen molar-refractivity contribution in [2.24, 2.45) is 0 Å². The molecule has 364 valence electrons. The summed E-state index contributed by atoms with van der Waals surface area (Å²) in [7, 11) is -5.15. The molecule has 0 aromatic carbocycles. The Kier molecular flexibility index (Phi) is 34.8. The maximum Gasteiger partial charge on any atom is 0.472 e. The molecule has 1 saturated carbocycles. The standard InChI is InChI=1S/C49H79O14P/c1-3-4-5-6-7-8-9-10-11-12-15-19-22-25-28-31-34-37-43(52)62-41(39-61-64(58,59)63-49-47(56)45(54)44(53)46(55)48(49)57)38-60-42(51)36-33-30-27-24-21-18-16-13-14-17-20-23-26-29-32-35-40(2)50/h4-5,7-8,10-11,14-19,23-24,26-27,40-41,44-50,53-57H,3,6,9,12-13,20-22,25,28-39H2,1-2H3,(H,58,59)/b5-4-,8-7-,11-10-,17-14-,18-16-,19-15-,26-23-,27-24-/t40-,41-,44?,45-,46+,47-,48-,49?/m1/s1. The van der Waals surface area contributed by atoms with Crippen LogP contribution in [-0.2, 0) is 32.7 Å². The van der Waals surface area contributed by atoms with Crippen LogP contribution >= 0.6 is 7.82 Å². The summed E-state index contributed by atoms with van der Waals surface area (Å²) in [5, 5.41) is 59.4. The highest BCUT2D eigenvalue weighted by atomic mass is 31.2. The molecule has 0 bridgehead atoms. The van der Waals surface area contributed by atoms with E-state index in [1.54, 1.807) is 6.92 Å². The van der Waals surface area contributed by atoms with Crippen LogP contribution in [0.4, 0.5) is 0 Å². The zero-order valence-corrected chi connectivity index (χ0v) is 39.0. The number of carbonyl (C=O) groups is 2. The second-order valence-electron chi connectivity index (χ2n) is 15.8. The Hall–Kier alpha value is -3.27. The summed E-state index contributed by atoms with van der Waals surface area (Å²) in [5.74, 6) is -1.22. The SMILES string of the molecule is CC/C=C\C/C=C\C/C=C\C/C=C\CCCCCCC(=O)O[C@H](COC(=O)CCC/C=C\C/C=C\C/C=C\C/C=C\CCC[C@@H](C)O)COP(=O)(O)OC1[C@H](O)[C@H](O)C(O)[C@H](O)[C@H]1O. The molecule has 0 radical (unpaired) electrons. The number of hydrogen-bond acceptors (Lipinski definition) is 13. The maximum absolute atomic E-state index is 12.8. The molecule has 1 rings (SSSR count). The summed E-state index contributed by atoms with van der Waals surface area (Å²) < 4.78 is 33.4. The van der Waals surface area contributed by atoms with Crippen LogP contribution in [0.5, 0.6) is 0 Å². The molecule has 3 unspecified atom stereocenters. The van der Waals surface area contributed by atoms with E-state index in [0.717, 1.165) is 89.9 Å². The zero-order chi connectivity index (χ0) is 47.3. The number of ether oxygens (including phenoxy) is 2. The first kappa shape index (κ1) is 58.7. The van der Waals surface area contributed by atoms with E-state index in [4.69, 9.17) is 18.5 Å². The smallest absolute Gasteiger partial charge is 0.462 e. The summed E-state index contributed by atoms with van der Waals surface area (Å²) in [6, 6.07) is 0. The van der Waals surface area contributed by atoms with Gasteiger partial charge in [-0.05, 0) is 103 Å². The first-order valence-electron chi connectivity index (χ1n) is 23.1. The Balaban J connectivity index is 2.53. The molecule has 1 aliphatic rings. The number of carbonyl (C=O) groups excluding carboxylic acids is 2. The lowest BCUT2D eigenvalue weighted by atomic mass is 9.85. The van der Waals surface area contributed by atoms with Gasteiger partial charge >= 0.3 is 19.8 Å². The van der Waals surface area contributed by atoms with Gasteiger partial charge in [0.15, 0.2) is 6.10 Å². The minimum atomic E-state index is -5.15. The van der Waals surface area contributed by atoms with Crippen molar-refractivity contribution in [3.8, 4) is 0 Å². The summed E-state index contributed by atoms with van der Waals surface area (Å²) in [6.07, 6.45) is 34.5. The molecule has 0 amide bonds. The second kappa shape index (κ2) is 37.9. The van der Waals surface area contributed by atoms with Gasteiger partial charge < -0.3 is 45.0 Å². The van der Waals surface area contributed by atoms with Gasteiger partial charge in [0.25, 0.3) is 0 Å². The average molecular weight is 923 g/mol. The van der Waals surface area contributed by atoms with Gasteiger partial charge in [0, 0.05) is 12.8 Å². The number of allylic oxidation sites excluding steroid dienone is 16. The van der Waals surface area contributed by atoms with E-state index in [1.165, 1.54) is 0 Å². The Morgan fingerprint density at radius 3 is 1.47 bits per heavy atom. The van der Waals surface area contributed by atoms with Gasteiger partial charge in [0.2, 0.25) is 0 Å². The Bertz CT molecular complexity index is 1500. The van der Waals surface area contributed by atoms with Crippen LogP contribution in [0.3, 0.4) is 0 Å². The van der Waals surface area contributed by atoms with Crippen LogP contribution in [0.25, 0.3) is 0 Å². The molecule has 0 heterocycles. The number of rotatable bonds is 36. The first-order chi connectivity index (χ1) is 30.8. The van der Waals surface area contributed by atoms with E-state index in [-0.39, 0.29) is 18.9 Å². The Morgan fingerprint density at radius 1 is 0.547 bits per heavy atom. The van der Waals surface area contributed by atoms with Gasteiger partial charge in [-0.25, -0.2) is 4.57 Å². The molecule has 0 aromatic rings. The topological polar surface area (TPSA) is 230 Å². The van der Waals surface area contributed by atoms with Gasteiger partial charge in [-0.15, -0.1) is 0 Å². The summed E-state index contributed by atoms with van der Waals surface area (Å²) in [6.45, 7) is 2.65. The summed E-state index contributed by atoms with van der Waals surface area (Å²) in [4.78, 5) is 35.7. The highest BCUT2D eigenvalue weighted by Crippen LogP contribution is 2.47. The Labute approximate surface area is 382 Å². The van der Waals surface area contributed by atoms with Crippen LogP contribution in [0.2, 0.25) is 0 Å². The van der Waals surface area contributed by atoms with Gasteiger partial charge in [-0.1, -0.05) is 117 Å². The lowest BCUT2D eigenvalue weighted by Crippen LogP contribution is -2.64. The fourth-order valence-corrected chi connectivity index (χ4v) is 7.20. The highest BCUT2D eigenvalue weighted by molar-refractivity contribution is 7.47. The lowest BCUT2D eigenvalue weighted by Gasteiger charge is -2.41. The number of hydrogen-bond donors (Lipinski definition) is 7. The van der Waals surface area contributed by atoms with E-state index in [9.17, 15) is 49.7 Å². The quantitative estimate of drug-likeness (QED) is 0.0137. The van der Waals surface area contributed by atoms with Crippen LogP contribution < -0.4 is 0 Å². The normalized spacial score (nSPS) is 23.0. The number of unbranched alkanes of at least 4 members (excludes halogenated alkanes) is 6. The van der Waals surface area contributed by atoms with Crippen LogP contribution in [0.15, 0.2) is 97.2 Å². The molecule has 1 aliphatic carbocycles. The molecular weight excluding hydrogens is 843 g/mol. The van der Waals surface area contributed by atoms with Gasteiger partial charge in [-0.2, -0.15) is 0 Å².